The summed E-state index contributed by atoms with van der Waals surface area (Å²) in [5.74, 6) is -2.66. The van der Waals surface area contributed by atoms with Crippen LogP contribution in [-0.4, -0.2) is 54.5 Å². The highest BCUT2D eigenvalue weighted by Gasteiger charge is 2.44. The minimum absolute atomic E-state index is 0.0898. The first-order valence-corrected chi connectivity index (χ1v) is 11.8. The fourth-order valence-electron chi connectivity index (χ4n) is 3.92. The van der Waals surface area contributed by atoms with Crippen LogP contribution >= 0.6 is 0 Å². The Balaban J connectivity index is 1.40. The molecule has 2 aromatic carbocycles. The monoisotopic (exact) mass is 449 g/mol. The summed E-state index contributed by atoms with van der Waals surface area (Å²) in [6.07, 6.45) is 1.96. The summed E-state index contributed by atoms with van der Waals surface area (Å²) in [5, 5.41) is 1.90. The molecule has 6 nitrogen and oxygen atoms in total. The van der Waals surface area contributed by atoms with Crippen molar-refractivity contribution in [2.24, 2.45) is 0 Å². The highest BCUT2D eigenvalue weighted by molar-refractivity contribution is 7.89. The second kappa shape index (κ2) is 9.02. The van der Waals surface area contributed by atoms with Crippen LogP contribution in [0, 0.1) is 11.6 Å². The Morgan fingerprint density at radius 2 is 1.81 bits per heavy atom. The average molecular weight is 450 g/mol. The third-order valence-electron chi connectivity index (χ3n) is 5.68. The fraction of sp³-hybridized carbons (Fsp3) is 0.409. The van der Waals surface area contributed by atoms with Crippen LogP contribution in [0.4, 0.5) is 14.5 Å². The number of anilines is 1. The van der Waals surface area contributed by atoms with Gasteiger partial charge in [0.2, 0.25) is 15.9 Å². The summed E-state index contributed by atoms with van der Waals surface area (Å²) in [7, 11) is -3.67. The van der Waals surface area contributed by atoms with Gasteiger partial charge in [0.05, 0.1) is 11.8 Å². The van der Waals surface area contributed by atoms with Gasteiger partial charge in [0, 0.05) is 30.9 Å². The lowest BCUT2D eigenvalue weighted by Crippen LogP contribution is -2.45. The third-order valence-corrected chi connectivity index (χ3v) is 7.99. The van der Waals surface area contributed by atoms with E-state index in [0.29, 0.717) is 26.1 Å². The van der Waals surface area contributed by atoms with Crippen molar-refractivity contribution in [3.63, 3.8) is 0 Å². The van der Waals surface area contributed by atoms with E-state index in [1.54, 1.807) is 0 Å². The molecule has 1 aliphatic carbocycles. The first-order valence-electron chi connectivity index (χ1n) is 10.3. The molecule has 2 aromatic rings. The van der Waals surface area contributed by atoms with E-state index in [9.17, 15) is 22.0 Å². The Kier molecular flexibility index (Phi) is 6.36. The third kappa shape index (κ3) is 5.28. The summed E-state index contributed by atoms with van der Waals surface area (Å²) in [4.78, 5) is 14.6. The van der Waals surface area contributed by atoms with Crippen LogP contribution in [-0.2, 0) is 21.4 Å². The summed E-state index contributed by atoms with van der Waals surface area (Å²) >= 11 is 0. The number of hydrogen-bond acceptors (Lipinski definition) is 4. The maximum Gasteiger partial charge on any atom is 0.239 e. The van der Waals surface area contributed by atoms with Crippen molar-refractivity contribution >= 4 is 21.6 Å². The van der Waals surface area contributed by atoms with Gasteiger partial charge in [-0.05, 0) is 43.5 Å². The van der Waals surface area contributed by atoms with E-state index in [1.165, 1.54) is 10.4 Å². The molecule has 2 fully saturated rings. The highest BCUT2D eigenvalue weighted by Crippen LogP contribution is 2.33. The zero-order valence-corrected chi connectivity index (χ0v) is 17.8. The van der Waals surface area contributed by atoms with Crippen LogP contribution in [0.2, 0.25) is 0 Å². The summed E-state index contributed by atoms with van der Waals surface area (Å²) in [6.45, 7) is 1.46. The van der Waals surface area contributed by atoms with Gasteiger partial charge in [-0.25, -0.2) is 17.2 Å². The molecule has 31 heavy (non-hydrogen) atoms. The molecule has 0 unspecified atom stereocenters. The van der Waals surface area contributed by atoms with E-state index < -0.39 is 32.8 Å². The molecule has 1 heterocycles. The Bertz CT molecular complexity index is 1050. The van der Waals surface area contributed by atoms with Crippen molar-refractivity contribution in [2.45, 2.75) is 37.1 Å². The van der Waals surface area contributed by atoms with Crippen LogP contribution in [0.25, 0.3) is 0 Å². The molecule has 2 aliphatic rings. The number of halogens is 2. The van der Waals surface area contributed by atoms with Crippen molar-refractivity contribution in [3.05, 3.63) is 65.7 Å². The van der Waals surface area contributed by atoms with Gasteiger partial charge in [-0.3, -0.25) is 9.69 Å². The van der Waals surface area contributed by atoms with Gasteiger partial charge in [0.25, 0.3) is 0 Å². The molecule has 0 spiro atoms. The zero-order chi connectivity index (χ0) is 22.0. The maximum atomic E-state index is 13.4. The predicted molar refractivity (Wildman–Crippen MR) is 114 cm³/mol. The number of benzene rings is 2. The molecule has 4 rings (SSSR count). The number of amides is 1. The molecule has 0 bridgehead atoms. The van der Waals surface area contributed by atoms with Crippen LogP contribution in [0.3, 0.4) is 0 Å². The van der Waals surface area contributed by atoms with Crippen LogP contribution in [0.15, 0.2) is 48.5 Å². The molecule has 166 valence electrons. The van der Waals surface area contributed by atoms with Crippen LogP contribution in [0.5, 0.6) is 0 Å². The molecule has 9 heteroatoms. The number of likely N-dealkylation sites (tertiary alicyclic amines) is 1. The molecule has 0 radical (unpaired) electrons. The van der Waals surface area contributed by atoms with E-state index in [4.69, 9.17) is 0 Å². The fourth-order valence-corrected chi connectivity index (χ4v) is 6.03. The van der Waals surface area contributed by atoms with Gasteiger partial charge in [0.1, 0.15) is 0 Å². The van der Waals surface area contributed by atoms with E-state index in [2.05, 4.69) is 10.2 Å². The van der Waals surface area contributed by atoms with Crippen molar-refractivity contribution in [3.8, 4) is 0 Å². The van der Waals surface area contributed by atoms with E-state index in [0.717, 1.165) is 30.5 Å². The quantitative estimate of drug-likeness (QED) is 0.673. The standard InChI is InChI=1S/C22H25F2N3O3S/c23-20-9-6-17(12-21(20)24)25-22(28)15-27(18-7-8-18)31(29,30)19-10-11-26(14-19)13-16-4-2-1-3-5-16/h1-6,9,12,18-19H,7-8,10-11,13-15H2,(H,25,28)/t19-/m0/s1. The van der Waals surface area contributed by atoms with E-state index >= 15 is 0 Å². The zero-order valence-electron chi connectivity index (χ0n) is 17.0. The number of sulfonamides is 1. The van der Waals surface area contributed by atoms with Crippen LogP contribution in [0.1, 0.15) is 24.8 Å². The average Bonchev–Trinajstić information content (AvgIpc) is 3.47. The Labute approximate surface area is 180 Å². The van der Waals surface area contributed by atoms with Crippen LogP contribution < -0.4 is 5.32 Å². The Morgan fingerprint density at radius 1 is 1.06 bits per heavy atom. The van der Waals surface area contributed by atoms with Gasteiger partial charge in [-0.1, -0.05) is 30.3 Å². The lowest BCUT2D eigenvalue weighted by atomic mass is 10.2. The first-order chi connectivity index (χ1) is 14.8. The molecule has 1 saturated heterocycles. The minimum Gasteiger partial charge on any atom is -0.325 e. The van der Waals surface area contributed by atoms with Gasteiger partial charge in [0.15, 0.2) is 11.6 Å². The molecule has 1 atom stereocenters. The summed E-state index contributed by atoms with van der Waals surface area (Å²) in [5.41, 5.74) is 1.22. The van der Waals surface area contributed by atoms with Crippen molar-refractivity contribution < 1.29 is 22.0 Å². The van der Waals surface area contributed by atoms with Crippen molar-refractivity contribution in [1.29, 1.82) is 0 Å². The second-order valence-electron chi connectivity index (χ2n) is 8.13. The van der Waals surface area contributed by atoms with E-state index in [-0.39, 0.29) is 18.3 Å². The maximum absolute atomic E-state index is 13.4. The Morgan fingerprint density at radius 3 is 2.48 bits per heavy atom. The molecular weight excluding hydrogens is 424 g/mol. The Hall–Kier alpha value is -2.36. The number of hydrogen-bond donors (Lipinski definition) is 1. The number of nitrogens with one attached hydrogen (secondary N) is 1. The minimum atomic E-state index is -3.67. The molecule has 1 saturated carbocycles. The normalized spacial score (nSPS) is 19.6. The van der Waals surface area contributed by atoms with Gasteiger partial charge >= 0.3 is 0 Å². The molecule has 1 amide bonds. The number of carbonyl (C=O) groups excluding carboxylic acids is 1. The SMILES string of the molecule is O=C(CN(C1CC1)S(=O)(=O)[C@H]1CCN(Cc2ccccc2)C1)Nc1ccc(F)c(F)c1. The molecule has 1 N–H and O–H groups in total. The lowest BCUT2D eigenvalue weighted by Gasteiger charge is -2.25. The summed E-state index contributed by atoms with van der Waals surface area (Å²) < 4.78 is 54.4. The van der Waals surface area contributed by atoms with Gasteiger partial charge < -0.3 is 5.32 Å². The molecule has 0 aromatic heterocycles. The topological polar surface area (TPSA) is 69.7 Å². The lowest BCUT2D eigenvalue weighted by molar-refractivity contribution is -0.116. The van der Waals surface area contributed by atoms with Gasteiger partial charge in [-0.15, -0.1) is 0 Å². The largest absolute Gasteiger partial charge is 0.325 e. The molecular formula is C22H25F2N3O3S. The molecule has 1 aliphatic heterocycles. The first kappa shape index (κ1) is 21.9. The van der Waals surface area contributed by atoms with Crippen molar-refractivity contribution in [2.75, 3.05) is 25.0 Å². The van der Waals surface area contributed by atoms with Gasteiger partial charge in [-0.2, -0.15) is 4.31 Å². The smallest absolute Gasteiger partial charge is 0.239 e. The number of nitrogens with zero attached hydrogens (tertiary/aromatic N) is 2. The number of carbonyl (C=O) groups is 1. The summed E-state index contributed by atoms with van der Waals surface area (Å²) in [6, 6.07) is 12.7. The predicted octanol–water partition coefficient (Wildman–Crippen LogP) is 2.97. The van der Waals surface area contributed by atoms with E-state index in [1.807, 2.05) is 30.3 Å². The second-order valence-corrected chi connectivity index (χ2v) is 10.3. The van der Waals surface area contributed by atoms with Crippen molar-refractivity contribution in [1.82, 2.24) is 9.21 Å². The number of rotatable bonds is 8. The highest BCUT2D eigenvalue weighted by atomic mass is 32.2.